The summed E-state index contributed by atoms with van der Waals surface area (Å²) in [6.45, 7) is 4.69. The van der Waals surface area contributed by atoms with Crippen LogP contribution < -0.4 is 5.32 Å². The van der Waals surface area contributed by atoms with Gasteiger partial charge in [0.1, 0.15) is 0 Å². The molecule has 0 unspecified atom stereocenters. The lowest BCUT2D eigenvalue weighted by molar-refractivity contribution is -0.113. The molecule has 0 radical (unpaired) electrons. The highest BCUT2D eigenvalue weighted by molar-refractivity contribution is 5.96. The van der Waals surface area contributed by atoms with E-state index in [0.29, 0.717) is 26.3 Å². The Balaban J connectivity index is 1.86. The highest BCUT2D eigenvalue weighted by atomic mass is 16.5. The molecule has 98 valence electrons. The maximum Gasteiger partial charge on any atom is 0.219 e. The van der Waals surface area contributed by atoms with Gasteiger partial charge in [0.2, 0.25) is 5.78 Å². The van der Waals surface area contributed by atoms with E-state index < -0.39 is 0 Å². The summed E-state index contributed by atoms with van der Waals surface area (Å²) in [5, 5.41) is 10.5. The maximum atomic E-state index is 11.0. The summed E-state index contributed by atoms with van der Waals surface area (Å²) in [4.78, 5) is 11.0. The van der Waals surface area contributed by atoms with Crippen LogP contribution in [0.2, 0.25) is 0 Å². The minimum atomic E-state index is -0.0791. The molecule has 1 heterocycles. The Morgan fingerprint density at radius 3 is 3.11 bits per heavy atom. The second-order valence-electron chi connectivity index (χ2n) is 3.61. The second-order valence-corrected chi connectivity index (χ2v) is 3.61. The van der Waals surface area contributed by atoms with Gasteiger partial charge in [-0.3, -0.25) is 9.48 Å². The Hall–Kier alpha value is -1.71. The van der Waals surface area contributed by atoms with Gasteiger partial charge in [-0.1, -0.05) is 11.1 Å². The van der Waals surface area contributed by atoms with Crippen molar-refractivity contribution >= 4 is 5.78 Å². The number of carbonyl (C=O) groups is 1. The van der Waals surface area contributed by atoms with Crippen LogP contribution in [-0.2, 0) is 16.1 Å². The highest BCUT2D eigenvalue weighted by Gasteiger charge is 1.96. The lowest BCUT2D eigenvalue weighted by atomic mass is 10.3. The van der Waals surface area contributed by atoms with Crippen molar-refractivity contribution in [1.29, 1.82) is 0 Å². The van der Waals surface area contributed by atoms with Crippen LogP contribution in [0.25, 0.3) is 0 Å². The molecule has 1 aromatic heterocycles. The summed E-state index contributed by atoms with van der Waals surface area (Å²) in [7, 11) is 0. The Morgan fingerprint density at radius 2 is 2.39 bits per heavy atom. The molecule has 0 saturated heterocycles. The van der Waals surface area contributed by atoms with Gasteiger partial charge >= 0.3 is 0 Å². The van der Waals surface area contributed by atoms with E-state index in [1.165, 1.54) is 0 Å². The number of ether oxygens (including phenoxy) is 1. The van der Waals surface area contributed by atoms with Crippen LogP contribution in [0.15, 0.2) is 12.4 Å². The highest BCUT2D eigenvalue weighted by Crippen LogP contribution is 1.85. The van der Waals surface area contributed by atoms with Gasteiger partial charge in [-0.15, -0.1) is 5.10 Å². The smallest absolute Gasteiger partial charge is 0.219 e. The molecule has 0 bridgehead atoms. The first-order valence-corrected chi connectivity index (χ1v) is 5.91. The third-order valence-corrected chi connectivity index (χ3v) is 2.13. The zero-order valence-electron chi connectivity index (χ0n) is 10.6. The first kappa shape index (κ1) is 14.4. The molecule has 0 aromatic carbocycles. The van der Waals surface area contributed by atoms with Gasteiger partial charge in [-0.2, -0.15) is 0 Å². The summed E-state index contributed by atoms with van der Waals surface area (Å²) in [5.74, 6) is 4.97. The van der Waals surface area contributed by atoms with Gasteiger partial charge in [0, 0.05) is 12.8 Å². The molecule has 1 N–H and O–H groups in total. The Morgan fingerprint density at radius 1 is 1.50 bits per heavy atom. The standard InChI is InChI=1S/C12H18N4O2/c1-2-4-12(17)11-13-5-3-9-18-10-8-16-7-6-14-15-16/h6-7,13H,3,5,8-11H2,1H3. The SMILES string of the molecule is CC#CC(=O)CNCCCOCCn1ccnn1. The lowest BCUT2D eigenvalue weighted by Crippen LogP contribution is -2.24. The summed E-state index contributed by atoms with van der Waals surface area (Å²) in [5.41, 5.74) is 0. The van der Waals surface area contributed by atoms with Crippen LogP contribution in [-0.4, -0.2) is 47.1 Å². The van der Waals surface area contributed by atoms with E-state index >= 15 is 0 Å². The topological polar surface area (TPSA) is 69.0 Å². The third kappa shape index (κ3) is 6.78. The van der Waals surface area contributed by atoms with Crippen LogP contribution >= 0.6 is 0 Å². The van der Waals surface area contributed by atoms with Crippen LogP contribution in [0.3, 0.4) is 0 Å². The Labute approximate surface area is 107 Å². The maximum absolute atomic E-state index is 11.0. The van der Waals surface area contributed by atoms with Gasteiger partial charge in [0.15, 0.2) is 0 Å². The van der Waals surface area contributed by atoms with Crippen LogP contribution in [0.5, 0.6) is 0 Å². The number of ketones is 1. The molecule has 18 heavy (non-hydrogen) atoms. The van der Waals surface area contributed by atoms with Gasteiger partial charge in [0.25, 0.3) is 0 Å². The average molecular weight is 250 g/mol. The van der Waals surface area contributed by atoms with Gasteiger partial charge in [-0.25, -0.2) is 0 Å². The van der Waals surface area contributed by atoms with Crippen molar-refractivity contribution in [3.05, 3.63) is 12.4 Å². The average Bonchev–Trinajstić information content (AvgIpc) is 2.86. The fraction of sp³-hybridized carbons (Fsp3) is 0.583. The molecule has 0 saturated carbocycles. The summed E-state index contributed by atoms with van der Waals surface area (Å²) < 4.78 is 7.14. The normalized spacial score (nSPS) is 9.83. The summed E-state index contributed by atoms with van der Waals surface area (Å²) >= 11 is 0. The minimum Gasteiger partial charge on any atom is -0.379 e. The number of carbonyl (C=O) groups excluding carboxylic acids is 1. The second kappa shape index (κ2) is 9.33. The van der Waals surface area contributed by atoms with Crippen molar-refractivity contribution in [2.24, 2.45) is 0 Å². The van der Waals surface area contributed by atoms with E-state index in [9.17, 15) is 4.79 Å². The minimum absolute atomic E-state index is 0.0791. The molecule has 0 fully saturated rings. The van der Waals surface area contributed by atoms with Crippen LogP contribution in [0.4, 0.5) is 0 Å². The van der Waals surface area contributed by atoms with Gasteiger partial charge in [-0.05, 0) is 25.8 Å². The molecular weight excluding hydrogens is 232 g/mol. The van der Waals surface area contributed by atoms with Crippen molar-refractivity contribution in [2.45, 2.75) is 19.9 Å². The Bertz CT molecular complexity index is 392. The van der Waals surface area contributed by atoms with Gasteiger partial charge in [0.05, 0.1) is 25.9 Å². The monoisotopic (exact) mass is 250 g/mol. The molecule has 0 atom stereocenters. The lowest BCUT2D eigenvalue weighted by Gasteiger charge is -2.04. The zero-order chi connectivity index (χ0) is 13.1. The molecule has 0 aliphatic rings. The fourth-order valence-electron chi connectivity index (χ4n) is 1.30. The molecule has 6 heteroatoms. The Kier molecular flexibility index (Phi) is 7.44. The van der Waals surface area contributed by atoms with Crippen molar-refractivity contribution in [2.75, 3.05) is 26.3 Å². The molecular formula is C12H18N4O2. The summed E-state index contributed by atoms with van der Waals surface area (Å²) in [6, 6.07) is 0. The number of Topliss-reactive ketones (excluding diaryl/α,β-unsaturated/α-hetero) is 1. The number of hydrogen-bond acceptors (Lipinski definition) is 5. The van der Waals surface area contributed by atoms with E-state index in [2.05, 4.69) is 27.5 Å². The molecule has 0 amide bonds. The number of aromatic nitrogens is 3. The summed E-state index contributed by atoms with van der Waals surface area (Å²) in [6.07, 6.45) is 4.30. The van der Waals surface area contributed by atoms with Crippen LogP contribution in [0.1, 0.15) is 13.3 Å². The first-order chi connectivity index (χ1) is 8.83. The molecule has 1 rings (SSSR count). The van der Waals surface area contributed by atoms with E-state index in [4.69, 9.17) is 4.74 Å². The number of nitrogens with zero attached hydrogens (tertiary/aromatic N) is 3. The zero-order valence-corrected chi connectivity index (χ0v) is 10.6. The molecule has 0 spiro atoms. The van der Waals surface area contributed by atoms with E-state index in [1.807, 2.05) is 0 Å². The van der Waals surface area contributed by atoms with Crippen molar-refractivity contribution in [3.8, 4) is 11.8 Å². The van der Waals surface area contributed by atoms with Crippen LogP contribution in [0, 0.1) is 11.8 Å². The number of rotatable bonds is 9. The quantitative estimate of drug-likeness (QED) is 0.375. The van der Waals surface area contributed by atoms with Crippen molar-refractivity contribution < 1.29 is 9.53 Å². The molecule has 1 aromatic rings. The van der Waals surface area contributed by atoms with Crippen molar-refractivity contribution in [3.63, 3.8) is 0 Å². The van der Waals surface area contributed by atoms with E-state index in [1.54, 1.807) is 24.0 Å². The molecule has 0 aliphatic carbocycles. The predicted molar refractivity (Wildman–Crippen MR) is 66.8 cm³/mol. The molecule has 0 aliphatic heterocycles. The fourth-order valence-corrected chi connectivity index (χ4v) is 1.30. The molecule has 6 nitrogen and oxygen atoms in total. The van der Waals surface area contributed by atoms with Gasteiger partial charge < -0.3 is 10.1 Å². The predicted octanol–water partition coefficient (Wildman–Crippen LogP) is -0.133. The largest absolute Gasteiger partial charge is 0.379 e. The van der Waals surface area contributed by atoms with Crippen molar-refractivity contribution in [1.82, 2.24) is 20.3 Å². The number of hydrogen-bond donors (Lipinski definition) is 1. The number of nitrogens with one attached hydrogen (secondary N) is 1. The third-order valence-electron chi connectivity index (χ3n) is 2.13. The van der Waals surface area contributed by atoms with E-state index in [0.717, 1.165) is 13.0 Å². The van der Waals surface area contributed by atoms with E-state index in [-0.39, 0.29) is 5.78 Å². The first-order valence-electron chi connectivity index (χ1n) is 5.91.